The summed E-state index contributed by atoms with van der Waals surface area (Å²) in [6, 6.07) is 23.1. The van der Waals surface area contributed by atoms with Gasteiger partial charge in [0.2, 0.25) is 5.82 Å². The van der Waals surface area contributed by atoms with Gasteiger partial charge in [-0.15, -0.1) is 0 Å². The first-order valence-corrected chi connectivity index (χ1v) is 12.4. The number of benzene rings is 3. The smallest absolute Gasteiger partial charge is 0.291 e. The van der Waals surface area contributed by atoms with Crippen molar-refractivity contribution in [2.24, 2.45) is 5.92 Å². The molecule has 1 amide bonds. The number of carbonyl (C=O) groups is 1. The molecule has 1 aliphatic heterocycles. The van der Waals surface area contributed by atoms with Crippen LogP contribution in [0.5, 0.6) is 0 Å². The summed E-state index contributed by atoms with van der Waals surface area (Å²) < 4.78 is 15.3. The molecule has 0 radical (unpaired) electrons. The van der Waals surface area contributed by atoms with Gasteiger partial charge in [0, 0.05) is 42.2 Å². The van der Waals surface area contributed by atoms with Crippen molar-refractivity contribution in [1.29, 1.82) is 0 Å². The number of fused-ring (bicyclic) bond motifs is 2. The van der Waals surface area contributed by atoms with E-state index in [0.717, 1.165) is 22.2 Å². The maximum atomic E-state index is 13.5. The van der Waals surface area contributed by atoms with Crippen LogP contribution in [-0.4, -0.2) is 43.6 Å². The molecule has 2 fully saturated rings. The number of likely N-dealkylation sites (tertiary alicyclic amines) is 1. The maximum absolute atomic E-state index is 13.5. The molecule has 1 saturated carbocycles. The van der Waals surface area contributed by atoms with Crippen LogP contribution in [-0.2, 0) is 5.41 Å². The standard InChI is InChI=1S/C30H24FN5O/c1-19-14-26-21(16-34-36(26)23-10-8-22(31)9-11-23)15-24(19)30-18-35(29(37)28-32-12-5-13-33-28)17-25(30)27(30)20-6-3-2-4-7-20/h2-16,25,27H,17-18H2,1H3/t25-,27-,30+/m1/s1. The van der Waals surface area contributed by atoms with E-state index in [2.05, 4.69) is 58.4 Å². The molecular weight excluding hydrogens is 465 g/mol. The van der Waals surface area contributed by atoms with Crippen molar-refractivity contribution in [3.63, 3.8) is 0 Å². The molecule has 1 saturated heterocycles. The Balaban J connectivity index is 1.31. The van der Waals surface area contributed by atoms with Gasteiger partial charge in [0.15, 0.2) is 0 Å². The average Bonchev–Trinajstić information content (AvgIpc) is 3.19. The Morgan fingerprint density at radius 3 is 2.51 bits per heavy atom. The summed E-state index contributed by atoms with van der Waals surface area (Å²) >= 11 is 0. The zero-order chi connectivity index (χ0) is 25.1. The van der Waals surface area contributed by atoms with Gasteiger partial charge in [0.1, 0.15) is 5.82 Å². The lowest BCUT2D eigenvalue weighted by atomic mass is 9.86. The second kappa shape index (κ2) is 8.06. The van der Waals surface area contributed by atoms with Crippen molar-refractivity contribution in [1.82, 2.24) is 24.6 Å². The molecule has 3 heterocycles. The third kappa shape index (κ3) is 3.30. The lowest BCUT2D eigenvalue weighted by molar-refractivity contribution is 0.0756. The van der Waals surface area contributed by atoms with E-state index < -0.39 is 0 Å². The van der Waals surface area contributed by atoms with Crippen molar-refractivity contribution in [3.8, 4) is 5.69 Å². The van der Waals surface area contributed by atoms with Gasteiger partial charge in [-0.3, -0.25) is 4.79 Å². The summed E-state index contributed by atoms with van der Waals surface area (Å²) in [6.07, 6.45) is 5.08. The minimum atomic E-state index is -0.272. The number of rotatable bonds is 4. The lowest BCUT2D eigenvalue weighted by Crippen LogP contribution is -2.35. The van der Waals surface area contributed by atoms with Crippen LogP contribution in [0.15, 0.2) is 91.4 Å². The summed E-state index contributed by atoms with van der Waals surface area (Å²) in [6.45, 7) is 3.42. The molecular formula is C30H24FN5O. The largest absolute Gasteiger partial charge is 0.335 e. The van der Waals surface area contributed by atoms with Crippen molar-refractivity contribution >= 4 is 16.8 Å². The van der Waals surface area contributed by atoms with E-state index in [-0.39, 0.29) is 23.0 Å². The highest BCUT2D eigenvalue weighted by Crippen LogP contribution is 2.69. The summed E-state index contributed by atoms with van der Waals surface area (Å²) in [5.74, 6) is 0.485. The quantitative estimate of drug-likeness (QED) is 0.354. The Labute approximate surface area is 213 Å². The minimum absolute atomic E-state index is 0.123. The van der Waals surface area contributed by atoms with Crippen LogP contribution < -0.4 is 0 Å². The van der Waals surface area contributed by atoms with Gasteiger partial charge in [-0.25, -0.2) is 19.0 Å². The third-order valence-corrected chi connectivity index (χ3v) is 8.07. The van der Waals surface area contributed by atoms with E-state index in [1.807, 2.05) is 21.8 Å². The Morgan fingerprint density at radius 2 is 1.76 bits per heavy atom. The molecule has 7 heteroatoms. The summed E-state index contributed by atoms with van der Waals surface area (Å²) in [7, 11) is 0. The summed E-state index contributed by atoms with van der Waals surface area (Å²) in [5.41, 5.74) is 5.32. The molecule has 0 bridgehead atoms. The molecule has 1 aliphatic carbocycles. The van der Waals surface area contributed by atoms with Crippen LogP contribution >= 0.6 is 0 Å². The van der Waals surface area contributed by atoms with Gasteiger partial charge in [-0.05, 0) is 72.0 Å². The van der Waals surface area contributed by atoms with E-state index >= 15 is 0 Å². The number of nitrogens with zero attached hydrogens (tertiary/aromatic N) is 5. The number of aromatic nitrogens is 4. The Bertz CT molecular complexity index is 1630. The molecule has 0 spiro atoms. The van der Waals surface area contributed by atoms with Crippen LogP contribution in [0.1, 0.15) is 33.2 Å². The number of piperidine rings is 1. The predicted molar refractivity (Wildman–Crippen MR) is 138 cm³/mol. The molecule has 6 nitrogen and oxygen atoms in total. The fourth-order valence-corrected chi connectivity index (χ4v) is 6.44. The van der Waals surface area contributed by atoms with Crippen molar-refractivity contribution in [2.75, 3.05) is 13.1 Å². The molecule has 0 unspecified atom stereocenters. The van der Waals surface area contributed by atoms with E-state index in [9.17, 15) is 9.18 Å². The van der Waals surface area contributed by atoms with Crippen molar-refractivity contribution < 1.29 is 9.18 Å². The molecule has 182 valence electrons. The second-order valence-corrected chi connectivity index (χ2v) is 10.1. The zero-order valence-corrected chi connectivity index (χ0v) is 20.3. The fourth-order valence-electron chi connectivity index (χ4n) is 6.44. The number of halogens is 1. The van der Waals surface area contributed by atoms with Crippen LogP contribution in [0.3, 0.4) is 0 Å². The van der Waals surface area contributed by atoms with Gasteiger partial charge < -0.3 is 4.90 Å². The lowest BCUT2D eigenvalue weighted by Gasteiger charge is -2.25. The molecule has 0 N–H and O–H groups in total. The molecule has 3 atom stereocenters. The van der Waals surface area contributed by atoms with Crippen LogP contribution in [0.4, 0.5) is 4.39 Å². The Kier molecular flexibility index (Phi) is 4.76. The van der Waals surface area contributed by atoms with E-state index in [4.69, 9.17) is 0 Å². The highest BCUT2D eigenvalue weighted by atomic mass is 19.1. The topological polar surface area (TPSA) is 63.9 Å². The highest BCUT2D eigenvalue weighted by Gasteiger charge is 2.71. The van der Waals surface area contributed by atoms with Gasteiger partial charge in [-0.2, -0.15) is 5.10 Å². The highest BCUT2D eigenvalue weighted by molar-refractivity contribution is 5.91. The molecule has 5 aromatic rings. The first kappa shape index (κ1) is 21.9. The molecule has 7 rings (SSSR count). The molecule has 2 aromatic heterocycles. The monoisotopic (exact) mass is 489 g/mol. The van der Waals surface area contributed by atoms with E-state index in [0.29, 0.717) is 24.9 Å². The van der Waals surface area contributed by atoms with Gasteiger partial charge in [0.05, 0.1) is 17.4 Å². The predicted octanol–water partition coefficient (Wildman–Crippen LogP) is 5.07. The average molecular weight is 490 g/mol. The summed E-state index contributed by atoms with van der Waals surface area (Å²) in [4.78, 5) is 23.6. The second-order valence-electron chi connectivity index (χ2n) is 10.1. The number of hydrogen-bond donors (Lipinski definition) is 0. The molecule has 37 heavy (non-hydrogen) atoms. The number of aryl methyl sites for hydroxylation is 1. The van der Waals surface area contributed by atoms with Gasteiger partial charge in [-0.1, -0.05) is 30.3 Å². The van der Waals surface area contributed by atoms with E-state index in [1.165, 1.54) is 23.3 Å². The third-order valence-electron chi connectivity index (χ3n) is 8.07. The normalized spacial score (nSPS) is 22.3. The van der Waals surface area contributed by atoms with E-state index in [1.54, 1.807) is 30.6 Å². The van der Waals surface area contributed by atoms with Crippen molar-refractivity contribution in [2.45, 2.75) is 18.3 Å². The Hall–Kier alpha value is -4.39. The first-order chi connectivity index (χ1) is 18.1. The molecule has 3 aromatic carbocycles. The number of amides is 1. The van der Waals surface area contributed by atoms with Crippen LogP contribution in [0.25, 0.3) is 16.6 Å². The first-order valence-electron chi connectivity index (χ1n) is 12.4. The minimum Gasteiger partial charge on any atom is -0.335 e. The van der Waals surface area contributed by atoms with Crippen molar-refractivity contribution in [3.05, 3.63) is 120 Å². The molecule has 2 aliphatic rings. The SMILES string of the molecule is Cc1cc2c(cnn2-c2ccc(F)cc2)cc1[C@@]12CN(C(=O)c3ncccn3)C[C@@H]1[C@H]2c1ccccc1. The van der Waals surface area contributed by atoms with Gasteiger partial charge >= 0.3 is 0 Å². The van der Waals surface area contributed by atoms with Crippen LogP contribution in [0, 0.1) is 18.7 Å². The fraction of sp³-hybridized carbons (Fsp3) is 0.200. The number of carbonyl (C=O) groups excluding carboxylic acids is 1. The summed E-state index contributed by atoms with van der Waals surface area (Å²) in [5, 5.41) is 5.63. The number of hydrogen-bond acceptors (Lipinski definition) is 4. The van der Waals surface area contributed by atoms with Gasteiger partial charge in [0.25, 0.3) is 5.91 Å². The van der Waals surface area contributed by atoms with Crippen LogP contribution in [0.2, 0.25) is 0 Å². The Morgan fingerprint density at radius 1 is 1.00 bits per heavy atom. The zero-order valence-electron chi connectivity index (χ0n) is 20.3. The maximum Gasteiger partial charge on any atom is 0.291 e.